The van der Waals surface area contributed by atoms with Gasteiger partial charge in [-0.25, -0.2) is 19.3 Å². The van der Waals surface area contributed by atoms with Gasteiger partial charge in [0.2, 0.25) is 16.9 Å². The van der Waals surface area contributed by atoms with E-state index in [0.29, 0.717) is 12.2 Å². The number of nitrogens with two attached hydrogens (primary N) is 1. The second kappa shape index (κ2) is 25.7. The van der Waals surface area contributed by atoms with Gasteiger partial charge >= 0.3 is 0 Å². The van der Waals surface area contributed by atoms with Crippen molar-refractivity contribution >= 4 is 69.1 Å². The van der Waals surface area contributed by atoms with Gasteiger partial charge in [-0.15, -0.1) is 0 Å². The Labute approximate surface area is 368 Å². The highest BCUT2D eigenvalue weighted by molar-refractivity contribution is 8.14. The van der Waals surface area contributed by atoms with E-state index in [1.807, 2.05) is 6.08 Å². The molecular formula is C35H54N7O17P3S-4. The molecule has 0 saturated carbocycles. The summed E-state index contributed by atoms with van der Waals surface area (Å²) >= 11 is 1.03. The molecule has 7 atom stereocenters. The zero-order valence-electron chi connectivity index (χ0n) is 34.9. The first-order valence-corrected chi connectivity index (χ1v) is 25.2. The van der Waals surface area contributed by atoms with Crippen LogP contribution in [0.25, 0.3) is 11.2 Å². The number of phosphoric acid groups is 3. The van der Waals surface area contributed by atoms with Crippen molar-refractivity contribution in [2.75, 3.05) is 37.8 Å². The number of ether oxygens (including phenoxy) is 1. The Kier molecular flexibility index (Phi) is 22.1. The first kappa shape index (κ1) is 54.4. The molecule has 0 aliphatic carbocycles. The highest BCUT2D eigenvalue weighted by Crippen LogP contribution is 2.56. The van der Waals surface area contributed by atoms with Crippen LogP contribution in [0.15, 0.2) is 37.0 Å². The van der Waals surface area contributed by atoms with Crippen molar-refractivity contribution in [3.8, 4) is 0 Å². The summed E-state index contributed by atoms with van der Waals surface area (Å²) in [5, 5.41) is 26.2. The predicted molar refractivity (Wildman–Crippen MR) is 219 cm³/mol. The number of aliphatic hydroxyl groups excluding tert-OH is 2. The average Bonchev–Trinajstić information content (AvgIpc) is 3.76. The lowest BCUT2D eigenvalue weighted by Gasteiger charge is -2.36. The van der Waals surface area contributed by atoms with Crippen LogP contribution in [-0.2, 0) is 50.7 Å². The van der Waals surface area contributed by atoms with Gasteiger partial charge < -0.3 is 69.0 Å². The molecular weight excluding hydrogens is 915 g/mol. The zero-order chi connectivity index (χ0) is 46.8. The van der Waals surface area contributed by atoms with Crippen LogP contribution in [0.4, 0.5) is 5.82 Å². The molecule has 0 aromatic carbocycles. The average molecular weight is 970 g/mol. The van der Waals surface area contributed by atoms with Crippen molar-refractivity contribution in [2.24, 2.45) is 5.41 Å². The van der Waals surface area contributed by atoms with E-state index in [-0.39, 0.29) is 41.6 Å². The van der Waals surface area contributed by atoms with Gasteiger partial charge in [0.25, 0.3) is 15.6 Å². The largest absolute Gasteiger partial charge is 0.790 e. The van der Waals surface area contributed by atoms with Crippen LogP contribution < -0.4 is 35.9 Å². The highest BCUT2D eigenvalue weighted by atomic mass is 32.2. The van der Waals surface area contributed by atoms with E-state index >= 15 is 0 Å². The number of aliphatic hydroxyl groups is 2. The molecule has 1 fully saturated rings. The summed E-state index contributed by atoms with van der Waals surface area (Å²) < 4.78 is 60.7. The number of fused-ring (bicyclic) bond motifs is 1. The number of allylic oxidation sites excluding steroid dienone is 3. The fourth-order valence-electron chi connectivity index (χ4n) is 5.81. The number of aromatic nitrogens is 4. The summed E-state index contributed by atoms with van der Waals surface area (Å²) in [6.07, 6.45) is 8.85. The maximum Gasteiger partial charge on any atom is 0.274 e. The molecule has 28 heteroatoms. The number of anilines is 1. The number of carbonyl (C=O) groups is 3. The molecule has 2 aromatic rings. The van der Waals surface area contributed by atoms with E-state index in [2.05, 4.69) is 56.5 Å². The SMILES string of the molecule is CCCCCCCC/C=C/C/C=C/C(=O)SCCNC(=O)CCNC(=O)[C@H](O)C(C)(C)COP(=O)([O-])OP(=O)([O-])OC[C@H]1O[C@@H](n2cnc3c(N)ncnc32)[C@H](O)[C@@H]1OP(=O)([O-])[O-]. The molecule has 3 rings (SSSR count). The molecule has 63 heavy (non-hydrogen) atoms. The third kappa shape index (κ3) is 19.2. The predicted octanol–water partition coefficient (Wildman–Crippen LogP) is 0.390. The Hall–Kier alpha value is -2.96. The summed E-state index contributed by atoms with van der Waals surface area (Å²) in [6.45, 7) is 2.27. The van der Waals surface area contributed by atoms with Gasteiger partial charge in [0.05, 0.1) is 27.4 Å². The highest BCUT2D eigenvalue weighted by Gasteiger charge is 2.47. The summed E-state index contributed by atoms with van der Waals surface area (Å²) in [5.74, 6) is -1.24. The number of hydrogen-bond acceptors (Lipinski definition) is 22. The van der Waals surface area contributed by atoms with Crippen molar-refractivity contribution in [3.63, 3.8) is 0 Å². The number of nitrogen functional groups attached to an aromatic ring is 1. The second-order valence-electron chi connectivity index (χ2n) is 14.8. The van der Waals surface area contributed by atoms with Gasteiger partial charge in [-0.05, 0) is 25.3 Å². The van der Waals surface area contributed by atoms with Crippen LogP contribution in [0.5, 0.6) is 0 Å². The summed E-state index contributed by atoms with van der Waals surface area (Å²) in [5.41, 5.74) is 4.07. The summed E-state index contributed by atoms with van der Waals surface area (Å²) in [4.78, 5) is 96.4. The maximum absolute atomic E-state index is 12.6. The number of imidazole rings is 1. The van der Waals surface area contributed by atoms with Crippen molar-refractivity contribution < 1.29 is 80.5 Å². The molecule has 2 aromatic heterocycles. The molecule has 0 radical (unpaired) electrons. The van der Waals surface area contributed by atoms with Crippen LogP contribution in [0.3, 0.4) is 0 Å². The molecule has 24 nitrogen and oxygen atoms in total. The third-order valence-electron chi connectivity index (χ3n) is 9.14. The molecule has 0 spiro atoms. The summed E-state index contributed by atoms with van der Waals surface area (Å²) in [6, 6.07) is 0. The minimum absolute atomic E-state index is 0.0211. The van der Waals surface area contributed by atoms with E-state index in [4.69, 9.17) is 10.5 Å². The fraction of sp³-hybridized carbons (Fsp3) is 0.657. The Balaban J connectivity index is 1.38. The van der Waals surface area contributed by atoms with Crippen LogP contribution >= 0.6 is 35.2 Å². The van der Waals surface area contributed by atoms with Crippen LogP contribution in [0.2, 0.25) is 0 Å². The lowest BCUT2D eigenvalue weighted by Crippen LogP contribution is -2.46. The van der Waals surface area contributed by atoms with Gasteiger partial charge in [0.1, 0.15) is 36.3 Å². The first-order chi connectivity index (χ1) is 29.6. The number of hydrogen-bond donors (Lipinski definition) is 5. The molecule has 2 unspecified atom stereocenters. The van der Waals surface area contributed by atoms with E-state index in [0.717, 1.165) is 41.8 Å². The minimum Gasteiger partial charge on any atom is -0.790 e. The number of nitrogens with zero attached hydrogens (tertiary/aromatic N) is 4. The van der Waals surface area contributed by atoms with E-state index < -0.39 is 84.6 Å². The van der Waals surface area contributed by atoms with Crippen molar-refractivity contribution in [3.05, 3.63) is 37.0 Å². The minimum atomic E-state index is -5.92. The quantitative estimate of drug-likeness (QED) is 0.0318. The van der Waals surface area contributed by atoms with Gasteiger partial charge in [0.15, 0.2) is 17.7 Å². The monoisotopic (exact) mass is 969 g/mol. The fourth-order valence-corrected chi connectivity index (χ4v) is 9.14. The zero-order valence-corrected chi connectivity index (χ0v) is 38.4. The van der Waals surface area contributed by atoms with Crippen molar-refractivity contribution in [1.29, 1.82) is 0 Å². The number of phosphoric ester groups is 3. The molecule has 1 aliphatic heterocycles. The summed E-state index contributed by atoms with van der Waals surface area (Å²) in [7, 11) is -17.6. The molecule has 0 bridgehead atoms. The normalized spacial score (nSPS) is 20.8. The number of carbonyl (C=O) groups excluding carboxylic acids is 3. The van der Waals surface area contributed by atoms with Crippen molar-refractivity contribution in [2.45, 2.75) is 109 Å². The first-order valence-electron chi connectivity index (χ1n) is 19.9. The second-order valence-corrected chi connectivity index (χ2v) is 20.0. The Morgan fingerprint density at radius 1 is 1.00 bits per heavy atom. The number of nitrogens with one attached hydrogen (secondary N) is 2. The standard InChI is InChI=1S/C35H58N7O17P3S/c1-4-5-6-7-8-9-10-11-12-13-14-15-26(44)63-19-18-37-25(43)16-17-38-33(47)30(46)35(2,3)21-56-62(53,54)59-61(51,52)55-20-24-29(58-60(48,49)50)28(45)34(57-24)42-23-41-27-31(36)39-22-40-32(27)42/h11-12,14-15,22-24,28-30,34,45-46H,4-10,13,16-21H2,1-3H3,(H,37,43)(H,38,47)(H,51,52)(H,53,54)(H2,36,39,40)(H2,48,49,50)/p-4/b12-11+,15-14+/t24-,28-,29-,30+,34-/m1/s1. The van der Waals surface area contributed by atoms with Gasteiger partial charge in [0, 0.05) is 30.7 Å². The molecule has 1 saturated heterocycles. The number of rotatable bonds is 29. The lowest BCUT2D eigenvalue weighted by atomic mass is 9.87. The lowest BCUT2D eigenvalue weighted by molar-refractivity contribution is -0.347. The molecule has 1 aliphatic rings. The number of thioether (sulfide) groups is 1. The Morgan fingerprint density at radius 3 is 2.41 bits per heavy atom. The van der Waals surface area contributed by atoms with Gasteiger partial charge in [-0.1, -0.05) is 82.9 Å². The van der Waals surface area contributed by atoms with Crippen LogP contribution in [0, 0.1) is 5.41 Å². The van der Waals surface area contributed by atoms with Gasteiger partial charge in [-0.3, -0.25) is 28.1 Å². The molecule has 2 amide bonds. The van der Waals surface area contributed by atoms with Gasteiger partial charge in [-0.2, -0.15) is 0 Å². The van der Waals surface area contributed by atoms with Crippen LogP contribution in [-0.4, -0.2) is 103 Å². The number of amides is 2. The Bertz CT molecular complexity index is 2020. The maximum atomic E-state index is 12.6. The van der Waals surface area contributed by atoms with E-state index in [1.165, 1.54) is 52.0 Å². The van der Waals surface area contributed by atoms with E-state index in [9.17, 15) is 57.9 Å². The molecule has 356 valence electrons. The number of unbranched alkanes of at least 4 members (excludes halogenated alkanes) is 6. The topological polar surface area (TPSA) is 375 Å². The Morgan fingerprint density at radius 2 is 1.70 bits per heavy atom. The van der Waals surface area contributed by atoms with E-state index in [1.54, 1.807) is 6.08 Å². The molecule has 6 N–H and O–H groups in total. The smallest absolute Gasteiger partial charge is 0.274 e. The van der Waals surface area contributed by atoms with Crippen LogP contribution in [0.1, 0.15) is 84.8 Å². The molecule has 3 heterocycles. The third-order valence-corrected chi connectivity index (χ3v) is 13.0. The van der Waals surface area contributed by atoms with Crippen molar-refractivity contribution in [1.82, 2.24) is 30.2 Å².